The van der Waals surface area contributed by atoms with Crippen LogP contribution in [0, 0.1) is 0 Å². The highest BCUT2D eigenvalue weighted by molar-refractivity contribution is 5.95. The molecule has 170 valence electrons. The first-order valence-electron chi connectivity index (χ1n) is 9.62. The van der Waals surface area contributed by atoms with Gasteiger partial charge >= 0.3 is 12.1 Å². The van der Waals surface area contributed by atoms with Crippen LogP contribution in [0.25, 0.3) is 0 Å². The summed E-state index contributed by atoms with van der Waals surface area (Å²) in [4.78, 5) is 25.7. The predicted octanol–water partition coefficient (Wildman–Crippen LogP) is 3.68. The molecule has 1 unspecified atom stereocenters. The number of carbonyl (C=O) groups is 2. The van der Waals surface area contributed by atoms with E-state index in [0.717, 1.165) is 4.90 Å². The van der Waals surface area contributed by atoms with Crippen LogP contribution >= 0.6 is 0 Å². The molecule has 0 bridgehead atoms. The Labute approximate surface area is 181 Å². The van der Waals surface area contributed by atoms with Gasteiger partial charge < -0.3 is 15.2 Å². The van der Waals surface area contributed by atoms with Crippen LogP contribution < -0.4 is 10.5 Å². The van der Waals surface area contributed by atoms with Gasteiger partial charge in [0.1, 0.15) is 12.4 Å². The van der Waals surface area contributed by atoms with Crippen molar-refractivity contribution in [1.29, 1.82) is 0 Å². The number of esters is 1. The van der Waals surface area contributed by atoms with Gasteiger partial charge in [-0.15, -0.1) is 0 Å². The minimum absolute atomic E-state index is 0.0124. The van der Waals surface area contributed by atoms with Gasteiger partial charge in [0, 0.05) is 29.8 Å². The summed E-state index contributed by atoms with van der Waals surface area (Å²) in [7, 11) is 0. The topological polar surface area (TPSA) is 81.9 Å². The number of fused-ring (bicyclic) bond motifs is 1. The lowest BCUT2D eigenvalue weighted by atomic mass is 9.97. The molecule has 2 N–H and O–H groups in total. The van der Waals surface area contributed by atoms with Crippen molar-refractivity contribution in [2.75, 3.05) is 19.7 Å². The Bertz CT molecular complexity index is 1010. The maximum Gasteiger partial charge on any atom is 0.491 e. The third kappa shape index (κ3) is 5.25. The molecule has 10 heteroatoms. The van der Waals surface area contributed by atoms with Crippen LogP contribution in [-0.2, 0) is 16.0 Å². The Morgan fingerprint density at radius 3 is 2.44 bits per heavy atom. The lowest BCUT2D eigenvalue weighted by Crippen LogP contribution is -2.43. The average Bonchev–Trinajstić information content (AvgIpc) is 2.79. The summed E-state index contributed by atoms with van der Waals surface area (Å²) in [6.45, 7) is -0.0226. The normalized spacial score (nSPS) is 16.3. The van der Waals surface area contributed by atoms with Crippen molar-refractivity contribution in [3.63, 3.8) is 0 Å². The van der Waals surface area contributed by atoms with Gasteiger partial charge in [-0.25, -0.2) is 9.18 Å². The smallest absolute Gasteiger partial charge is 0.489 e. The van der Waals surface area contributed by atoms with Crippen LogP contribution in [0.2, 0.25) is 0 Å². The molecule has 0 fully saturated rings. The lowest BCUT2D eigenvalue weighted by molar-refractivity contribution is -0.212. The zero-order chi connectivity index (χ0) is 23.3. The van der Waals surface area contributed by atoms with Crippen molar-refractivity contribution in [3.8, 4) is 5.75 Å². The Morgan fingerprint density at radius 1 is 1.12 bits per heavy atom. The monoisotopic (exact) mass is 452 g/mol. The highest BCUT2D eigenvalue weighted by Crippen LogP contribution is 2.34. The number of amides is 1. The average molecular weight is 452 g/mol. The van der Waals surface area contributed by atoms with E-state index in [1.54, 1.807) is 18.2 Å². The van der Waals surface area contributed by atoms with Gasteiger partial charge in [0.15, 0.2) is 0 Å². The molecule has 0 aliphatic carbocycles. The molecule has 2 aromatic carbocycles. The van der Waals surface area contributed by atoms with Crippen LogP contribution in [-0.4, -0.2) is 42.6 Å². The number of nitrogens with zero attached hydrogens (tertiary/aromatic N) is 1. The maximum absolute atomic E-state index is 13.1. The summed E-state index contributed by atoms with van der Waals surface area (Å²) in [6.07, 6.45) is -5.97. The Hall–Kier alpha value is -3.40. The van der Waals surface area contributed by atoms with Gasteiger partial charge in [-0.2, -0.15) is 13.2 Å². The fourth-order valence-corrected chi connectivity index (χ4v) is 3.20. The summed E-state index contributed by atoms with van der Waals surface area (Å²) < 4.78 is 61.1. The van der Waals surface area contributed by atoms with Crippen molar-refractivity contribution < 1.29 is 36.6 Å². The number of alkyl halides is 3. The molecule has 1 atom stereocenters. The molecule has 0 saturated heterocycles. The summed E-state index contributed by atoms with van der Waals surface area (Å²) in [5.74, 6) is -2.65. The van der Waals surface area contributed by atoms with Crippen LogP contribution in [0.15, 0.2) is 60.4 Å². The molecule has 1 heterocycles. The number of hydrogen-bond acceptors (Lipinski definition) is 5. The van der Waals surface area contributed by atoms with E-state index in [2.05, 4.69) is 0 Å². The molecular formula is C22H20F4N2O4. The Kier molecular flexibility index (Phi) is 7.14. The number of nitrogens with two attached hydrogens (primary N) is 1. The second-order valence-electron chi connectivity index (χ2n) is 6.99. The van der Waals surface area contributed by atoms with E-state index < -0.39 is 24.3 Å². The molecule has 0 aromatic heterocycles. The van der Waals surface area contributed by atoms with Crippen LogP contribution in [0.4, 0.5) is 17.6 Å². The van der Waals surface area contributed by atoms with Crippen molar-refractivity contribution in [2.24, 2.45) is 5.73 Å². The third-order valence-corrected chi connectivity index (χ3v) is 4.88. The number of hydrogen-bond donors (Lipinski definition) is 1. The highest BCUT2D eigenvalue weighted by atomic mass is 19.4. The van der Waals surface area contributed by atoms with E-state index in [9.17, 15) is 27.2 Å². The first-order valence-corrected chi connectivity index (χ1v) is 9.62. The van der Waals surface area contributed by atoms with E-state index in [0.29, 0.717) is 29.6 Å². The summed E-state index contributed by atoms with van der Waals surface area (Å²) in [5.41, 5.74) is 6.76. The minimum Gasteiger partial charge on any atom is -0.489 e. The van der Waals surface area contributed by atoms with Gasteiger partial charge in [-0.3, -0.25) is 9.69 Å². The van der Waals surface area contributed by atoms with Gasteiger partial charge in [0.05, 0.1) is 6.33 Å². The van der Waals surface area contributed by atoms with Gasteiger partial charge in [-0.1, -0.05) is 24.3 Å². The molecule has 0 radical (unpaired) electrons. The quantitative estimate of drug-likeness (QED) is 0.534. The fourth-order valence-electron chi connectivity index (χ4n) is 3.20. The number of carbonyl (C=O) groups excluding carboxylic acids is 2. The van der Waals surface area contributed by atoms with E-state index in [-0.39, 0.29) is 30.8 Å². The molecule has 0 saturated carbocycles. The summed E-state index contributed by atoms with van der Waals surface area (Å²) >= 11 is 0. The number of halogens is 4. The van der Waals surface area contributed by atoms with Crippen molar-refractivity contribution in [2.45, 2.75) is 18.8 Å². The molecule has 2 aromatic rings. The molecule has 6 nitrogen and oxygen atoms in total. The SMILES string of the molecule is NC/C(=C/F)COc1ccc(C(=O)N2CCc3ccccc3C2OC(=O)C(F)(F)F)cc1. The second kappa shape index (κ2) is 9.82. The van der Waals surface area contributed by atoms with Crippen molar-refractivity contribution in [3.05, 3.63) is 77.1 Å². The van der Waals surface area contributed by atoms with Gasteiger partial charge in [0.25, 0.3) is 5.91 Å². The van der Waals surface area contributed by atoms with Crippen molar-refractivity contribution >= 4 is 11.9 Å². The first-order chi connectivity index (χ1) is 15.2. The standard InChI is InChI=1S/C22H20F4N2O4/c23-11-14(12-27)13-31-17-7-5-16(6-8-17)19(29)28-10-9-15-3-1-2-4-18(15)20(28)32-21(30)22(24,25)26/h1-8,11,20H,9-10,12-13,27H2/b14-11-. The molecule has 3 rings (SSSR count). The fraction of sp³-hybridized carbons (Fsp3) is 0.273. The Balaban J connectivity index is 1.81. The van der Waals surface area contributed by atoms with E-state index in [1.165, 1.54) is 30.3 Å². The lowest BCUT2D eigenvalue weighted by Gasteiger charge is -2.36. The minimum atomic E-state index is -5.20. The molecule has 1 amide bonds. The maximum atomic E-state index is 13.1. The highest BCUT2D eigenvalue weighted by Gasteiger charge is 2.45. The second-order valence-corrected chi connectivity index (χ2v) is 6.99. The molecule has 1 aliphatic rings. The van der Waals surface area contributed by atoms with Gasteiger partial charge in [-0.05, 0) is 36.2 Å². The molecule has 1 aliphatic heterocycles. The molecule has 0 spiro atoms. The summed E-state index contributed by atoms with van der Waals surface area (Å²) in [6, 6.07) is 12.3. The van der Waals surface area contributed by atoms with Crippen LogP contribution in [0.1, 0.15) is 27.7 Å². The first kappa shape index (κ1) is 23.3. The van der Waals surface area contributed by atoms with E-state index >= 15 is 0 Å². The zero-order valence-electron chi connectivity index (χ0n) is 16.8. The van der Waals surface area contributed by atoms with Crippen LogP contribution in [0.5, 0.6) is 5.75 Å². The number of benzene rings is 2. The molecule has 32 heavy (non-hydrogen) atoms. The van der Waals surface area contributed by atoms with Gasteiger partial charge in [0.2, 0.25) is 6.23 Å². The predicted molar refractivity (Wildman–Crippen MR) is 106 cm³/mol. The van der Waals surface area contributed by atoms with Crippen molar-refractivity contribution in [1.82, 2.24) is 4.90 Å². The number of ether oxygens (including phenoxy) is 2. The third-order valence-electron chi connectivity index (χ3n) is 4.88. The number of rotatable bonds is 6. The Morgan fingerprint density at radius 2 is 1.81 bits per heavy atom. The van der Waals surface area contributed by atoms with Crippen LogP contribution in [0.3, 0.4) is 0 Å². The molecular weight excluding hydrogens is 432 g/mol. The largest absolute Gasteiger partial charge is 0.491 e. The zero-order valence-corrected chi connectivity index (χ0v) is 16.8. The van der Waals surface area contributed by atoms with E-state index in [1.807, 2.05) is 0 Å². The van der Waals surface area contributed by atoms with E-state index in [4.69, 9.17) is 15.2 Å². The summed E-state index contributed by atoms with van der Waals surface area (Å²) in [5, 5.41) is 0.